The van der Waals surface area contributed by atoms with E-state index >= 15 is 0 Å². The lowest BCUT2D eigenvalue weighted by molar-refractivity contribution is -0.137. The zero-order valence-corrected chi connectivity index (χ0v) is 15.4. The van der Waals surface area contributed by atoms with Gasteiger partial charge in [-0.25, -0.2) is 0 Å². The van der Waals surface area contributed by atoms with Gasteiger partial charge in [-0.3, -0.25) is 9.79 Å². The zero-order chi connectivity index (χ0) is 20.1. The number of anilines is 1. The van der Waals surface area contributed by atoms with Gasteiger partial charge in [0, 0.05) is 25.8 Å². The second-order valence-electron chi connectivity index (χ2n) is 6.40. The number of guanidine groups is 1. The maximum absolute atomic E-state index is 12.6. The fourth-order valence-corrected chi connectivity index (χ4v) is 3.07. The highest BCUT2D eigenvalue weighted by Gasteiger charge is 2.30. The van der Waals surface area contributed by atoms with E-state index in [1.165, 1.54) is 12.1 Å². The number of halogens is 3. The van der Waals surface area contributed by atoms with Crippen LogP contribution in [0.4, 0.5) is 18.9 Å². The molecule has 1 aliphatic rings. The Morgan fingerprint density at radius 1 is 1.11 bits per heavy atom. The van der Waals surface area contributed by atoms with Gasteiger partial charge in [-0.2, -0.15) is 13.2 Å². The number of fused-ring (bicyclic) bond motifs is 1. The van der Waals surface area contributed by atoms with Crippen molar-refractivity contribution in [2.45, 2.75) is 19.1 Å². The summed E-state index contributed by atoms with van der Waals surface area (Å²) in [4.78, 5) is 18.3. The lowest BCUT2D eigenvalue weighted by Gasteiger charge is -2.19. The zero-order valence-electron chi connectivity index (χ0n) is 15.4. The maximum Gasteiger partial charge on any atom is 0.416 e. The average Bonchev–Trinajstić information content (AvgIpc) is 3.12. The van der Waals surface area contributed by atoms with Gasteiger partial charge in [-0.1, -0.05) is 30.3 Å². The summed E-state index contributed by atoms with van der Waals surface area (Å²) in [5, 5.41) is 5.95. The van der Waals surface area contributed by atoms with Crippen LogP contribution in [0.3, 0.4) is 0 Å². The number of nitrogens with one attached hydrogen (secondary N) is 2. The van der Waals surface area contributed by atoms with E-state index in [-0.39, 0.29) is 12.5 Å². The standard InChI is InChI=1S/C20H21F3N4O/c1-24-19(25-12-14-6-8-16(9-7-14)20(21,22)23)26-13-18(28)27-11-10-15-4-2-3-5-17(15)27/h2-9H,10-13H2,1H3,(H2,24,25,26). The van der Waals surface area contributed by atoms with E-state index in [0.717, 1.165) is 29.8 Å². The number of aliphatic imine (C=N–C) groups is 1. The van der Waals surface area contributed by atoms with Gasteiger partial charge in [0.1, 0.15) is 0 Å². The first-order chi connectivity index (χ1) is 13.4. The number of benzene rings is 2. The van der Waals surface area contributed by atoms with Crippen LogP contribution in [0.5, 0.6) is 0 Å². The number of carbonyl (C=O) groups is 1. The summed E-state index contributed by atoms with van der Waals surface area (Å²) in [6, 6.07) is 12.7. The van der Waals surface area contributed by atoms with Crippen LogP contribution < -0.4 is 15.5 Å². The van der Waals surface area contributed by atoms with Gasteiger partial charge < -0.3 is 15.5 Å². The molecule has 0 atom stereocenters. The molecule has 1 amide bonds. The van der Waals surface area contributed by atoms with Crippen LogP contribution in [0.25, 0.3) is 0 Å². The van der Waals surface area contributed by atoms with E-state index in [1.54, 1.807) is 11.9 Å². The Hall–Kier alpha value is -3.03. The number of para-hydroxylation sites is 1. The fourth-order valence-electron chi connectivity index (χ4n) is 3.07. The van der Waals surface area contributed by atoms with Crippen LogP contribution >= 0.6 is 0 Å². The molecule has 148 valence electrons. The Morgan fingerprint density at radius 2 is 1.82 bits per heavy atom. The van der Waals surface area contributed by atoms with Crippen molar-refractivity contribution in [2.75, 3.05) is 25.0 Å². The predicted molar refractivity (Wildman–Crippen MR) is 102 cm³/mol. The summed E-state index contributed by atoms with van der Waals surface area (Å²) in [5.41, 5.74) is 2.08. The molecule has 8 heteroatoms. The molecule has 3 rings (SSSR count). The molecule has 1 aliphatic heterocycles. The van der Waals surface area contributed by atoms with Crippen LogP contribution in [0.1, 0.15) is 16.7 Å². The monoisotopic (exact) mass is 390 g/mol. The molecule has 28 heavy (non-hydrogen) atoms. The minimum atomic E-state index is -4.35. The van der Waals surface area contributed by atoms with Crippen molar-refractivity contribution >= 4 is 17.6 Å². The molecule has 1 heterocycles. The number of rotatable bonds is 4. The van der Waals surface area contributed by atoms with Crippen molar-refractivity contribution in [1.82, 2.24) is 10.6 Å². The number of carbonyl (C=O) groups excluding carboxylic acids is 1. The first kappa shape index (κ1) is 19.7. The highest BCUT2D eigenvalue weighted by atomic mass is 19.4. The highest BCUT2D eigenvalue weighted by molar-refractivity contribution is 5.98. The van der Waals surface area contributed by atoms with Crippen LogP contribution in [0.2, 0.25) is 0 Å². The maximum atomic E-state index is 12.6. The highest BCUT2D eigenvalue weighted by Crippen LogP contribution is 2.29. The Bertz CT molecular complexity index is 862. The van der Waals surface area contributed by atoms with Crippen LogP contribution in [0.15, 0.2) is 53.5 Å². The Kier molecular flexibility index (Phi) is 5.87. The fraction of sp³-hybridized carbons (Fsp3) is 0.300. The van der Waals surface area contributed by atoms with Gasteiger partial charge in [-0.15, -0.1) is 0 Å². The Labute approximate surface area is 161 Å². The minimum Gasteiger partial charge on any atom is -0.352 e. The van der Waals surface area contributed by atoms with Gasteiger partial charge in [-0.05, 0) is 35.7 Å². The van der Waals surface area contributed by atoms with Gasteiger partial charge in [0.2, 0.25) is 5.91 Å². The van der Waals surface area contributed by atoms with E-state index in [2.05, 4.69) is 15.6 Å². The number of nitrogens with zero attached hydrogens (tertiary/aromatic N) is 2. The summed E-state index contributed by atoms with van der Waals surface area (Å²) >= 11 is 0. The second kappa shape index (κ2) is 8.33. The molecule has 2 aromatic carbocycles. The van der Waals surface area contributed by atoms with Gasteiger partial charge in [0.15, 0.2) is 5.96 Å². The number of alkyl halides is 3. The number of amides is 1. The normalized spacial score (nSPS) is 14.0. The molecular formula is C20H21F3N4O. The average molecular weight is 390 g/mol. The molecule has 0 saturated carbocycles. The van der Waals surface area contributed by atoms with E-state index in [0.29, 0.717) is 24.6 Å². The van der Waals surface area contributed by atoms with Crippen molar-refractivity contribution in [1.29, 1.82) is 0 Å². The summed E-state index contributed by atoms with van der Waals surface area (Å²) in [7, 11) is 1.57. The van der Waals surface area contributed by atoms with Crippen molar-refractivity contribution < 1.29 is 18.0 Å². The van der Waals surface area contributed by atoms with Crippen molar-refractivity contribution in [3.63, 3.8) is 0 Å². The molecule has 2 N–H and O–H groups in total. The molecule has 0 bridgehead atoms. The van der Waals surface area contributed by atoms with Gasteiger partial charge >= 0.3 is 6.18 Å². The van der Waals surface area contributed by atoms with E-state index < -0.39 is 11.7 Å². The topological polar surface area (TPSA) is 56.7 Å². The molecular weight excluding hydrogens is 369 g/mol. The third kappa shape index (κ3) is 4.62. The molecule has 5 nitrogen and oxygen atoms in total. The lowest BCUT2D eigenvalue weighted by Crippen LogP contribution is -2.44. The third-order valence-electron chi connectivity index (χ3n) is 4.56. The Balaban J connectivity index is 1.51. The first-order valence-corrected chi connectivity index (χ1v) is 8.87. The second-order valence-corrected chi connectivity index (χ2v) is 6.40. The summed E-state index contributed by atoms with van der Waals surface area (Å²) in [6.45, 7) is 1.01. The first-order valence-electron chi connectivity index (χ1n) is 8.87. The minimum absolute atomic E-state index is 0.0672. The summed E-state index contributed by atoms with van der Waals surface area (Å²) in [5.74, 6) is 0.336. The summed E-state index contributed by atoms with van der Waals surface area (Å²) < 4.78 is 37.8. The summed E-state index contributed by atoms with van der Waals surface area (Å²) in [6.07, 6.45) is -3.51. The van der Waals surface area contributed by atoms with Crippen molar-refractivity contribution in [3.05, 3.63) is 65.2 Å². The molecule has 0 saturated heterocycles. The Morgan fingerprint density at radius 3 is 2.50 bits per heavy atom. The van der Waals surface area contributed by atoms with Crippen LogP contribution in [-0.4, -0.2) is 32.0 Å². The molecule has 0 unspecified atom stereocenters. The van der Waals surface area contributed by atoms with E-state index in [9.17, 15) is 18.0 Å². The molecule has 0 aliphatic carbocycles. The molecule has 0 spiro atoms. The number of hydrogen-bond donors (Lipinski definition) is 2. The van der Waals surface area contributed by atoms with Gasteiger partial charge in [0.25, 0.3) is 0 Å². The van der Waals surface area contributed by atoms with E-state index in [4.69, 9.17) is 0 Å². The number of hydrogen-bond acceptors (Lipinski definition) is 2. The van der Waals surface area contributed by atoms with Crippen molar-refractivity contribution in [3.8, 4) is 0 Å². The van der Waals surface area contributed by atoms with E-state index in [1.807, 2.05) is 24.3 Å². The van der Waals surface area contributed by atoms with Gasteiger partial charge in [0.05, 0.1) is 12.1 Å². The molecule has 0 radical (unpaired) electrons. The van der Waals surface area contributed by atoms with Crippen LogP contribution in [-0.2, 0) is 23.9 Å². The molecule has 0 fully saturated rings. The molecule has 2 aromatic rings. The third-order valence-corrected chi connectivity index (χ3v) is 4.56. The van der Waals surface area contributed by atoms with Crippen molar-refractivity contribution in [2.24, 2.45) is 4.99 Å². The molecule has 0 aromatic heterocycles. The van der Waals surface area contributed by atoms with Crippen LogP contribution in [0, 0.1) is 0 Å². The smallest absolute Gasteiger partial charge is 0.352 e. The predicted octanol–water partition coefficient (Wildman–Crippen LogP) is 2.96. The lowest BCUT2D eigenvalue weighted by atomic mass is 10.1. The SMILES string of the molecule is CN=C(NCC(=O)N1CCc2ccccc21)NCc1ccc(C(F)(F)F)cc1. The quantitative estimate of drug-likeness (QED) is 0.624. The largest absolute Gasteiger partial charge is 0.416 e.